The first-order chi connectivity index (χ1) is 8.73. The molecule has 1 unspecified atom stereocenters. The molecule has 0 fully saturated rings. The van der Waals surface area contributed by atoms with Gasteiger partial charge in [-0.3, -0.25) is 15.5 Å². The van der Waals surface area contributed by atoms with Crippen molar-refractivity contribution < 1.29 is 22.8 Å². The van der Waals surface area contributed by atoms with Crippen molar-refractivity contribution in [2.45, 2.75) is 6.18 Å². The summed E-state index contributed by atoms with van der Waals surface area (Å²) in [5, 5.41) is 17.5. The highest BCUT2D eigenvalue weighted by Gasteiger charge is 2.42. The third-order valence-electron chi connectivity index (χ3n) is 2.24. The average Bonchev–Trinajstić information content (AvgIpc) is 2.27. The van der Waals surface area contributed by atoms with Crippen molar-refractivity contribution in [2.24, 2.45) is 11.7 Å². The molecule has 6 nitrogen and oxygen atoms in total. The van der Waals surface area contributed by atoms with E-state index in [1.807, 2.05) is 0 Å². The third kappa shape index (κ3) is 3.83. The minimum absolute atomic E-state index is 0.303. The first-order valence-corrected chi connectivity index (χ1v) is 5.00. The van der Waals surface area contributed by atoms with Gasteiger partial charge in [-0.05, 0) is 6.07 Å². The molecule has 3 N–H and O–H groups in total. The highest BCUT2D eigenvalue weighted by molar-refractivity contribution is 5.80. The number of ether oxygens (including phenoxy) is 1. The van der Waals surface area contributed by atoms with Gasteiger partial charge in [-0.15, -0.1) is 0 Å². The molecule has 0 aliphatic rings. The Morgan fingerprint density at radius 2 is 2.05 bits per heavy atom. The normalized spacial score (nSPS) is 12.8. The minimum atomic E-state index is -4.74. The largest absolute Gasteiger partial charge is 0.486 e. The van der Waals surface area contributed by atoms with Crippen molar-refractivity contribution in [3.8, 4) is 5.75 Å². The fourth-order valence-electron chi connectivity index (χ4n) is 1.26. The van der Waals surface area contributed by atoms with Crippen molar-refractivity contribution >= 4 is 11.5 Å². The van der Waals surface area contributed by atoms with Gasteiger partial charge in [0.2, 0.25) is 0 Å². The standard InChI is InChI=1S/C10H10F3N3O3/c11-10(12,13)6(9(14)15)5-19-8-4-2-1-3-7(8)16(17)18/h1-4,6H,5H2,(H3,14,15). The van der Waals surface area contributed by atoms with Crippen LogP contribution in [0.15, 0.2) is 24.3 Å². The number of rotatable bonds is 5. The molecule has 0 aliphatic heterocycles. The van der Waals surface area contributed by atoms with Gasteiger partial charge >= 0.3 is 11.9 Å². The highest BCUT2D eigenvalue weighted by Crippen LogP contribution is 2.30. The second-order valence-corrected chi connectivity index (χ2v) is 3.59. The predicted octanol–water partition coefficient (Wildman–Crippen LogP) is 2.09. The van der Waals surface area contributed by atoms with Gasteiger partial charge in [0.15, 0.2) is 5.75 Å². The number of para-hydroxylation sites is 2. The number of nitrogens with zero attached hydrogens (tertiary/aromatic N) is 1. The lowest BCUT2D eigenvalue weighted by Crippen LogP contribution is -2.39. The van der Waals surface area contributed by atoms with Gasteiger partial charge in [0, 0.05) is 6.07 Å². The van der Waals surface area contributed by atoms with E-state index in [4.69, 9.17) is 15.9 Å². The van der Waals surface area contributed by atoms with Crippen LogP contribution in [-0.4, -0.2) is 23.5 Å². The summed E-state index contributed by atoms with van der Waals surface area (Å²) >= 11 is 0. The van der Waals surface area contributed by atoms with Crippen LogP contribution in [0.2, 0.25) is 0 Å². The van der Waals surface area contributed by atoms with E-state index < -0.39 is 35.1 Å². The van der Waals surface area contributed by atoms with E-state index in [2.05, 4.69) is 0 Å². The molecule has 0 heterocycles. The van der Waals surface area contributed by atoms with E-state index in [1.54, 1.807) is 0 Å². The van der Waals surface area contributed by atoms with Crippen LogP contribution in [0, 0.1) is 21.4 Å². The molecular weight excluding hydrogens is 267 g/mol. The Morgan fingerprint density at radius 1 is 1.47 bits per heavy atom. The number of halogens is 3. The van der Waals surface area contributed by atoms with Gasteiger partial charge in [0.1, 0.15) is 18.4 Å². The Bertz CT molecular complexity index is 490. The first-order valence-electron chi connectivity index (χ1n) is 5.00. The molecule has 0 bridgehead atoms. The number of alkyl halides is 3. The van der Waals surface area contributed by atoms with E-state index in [-0.39, 0.29) is 5.75 Å². The van der Waals surface area contributed by atoms with Crippen molar-refractivity contribution in [1.82, 2.24) is 0 Å². The Balaban J connectivity index is 2.87. The van der Waals surface area contributed by atoms with Crippen LogP contribution in [0.25, 0.3) is 0 Å². The number of hydrogen-bond acceptors (Lipinski definition) is 4. The molecule has 1 atom stereocenters. The second-order valence-electron chi connectivity index (χ2n) is 3.59. The molecule has 1 aromatic rings. The zero-order valence-corrected chi connectivity index (χ0v) is 9.48. The minimum Gasteiger partial charge on any atom is -0.486 e. The monoisotopic (exact) mass is 277 g/mol. The summed E-state index contributed by atoms with van der Waals surface area (Å²) in [7, 11) is 0. The topological polar surface area (TPSA) is 102 Å². The van der Waals surface area contributed by atoms with E-state index in [9.17, 15) is 23.3 Å². The Morgan fingerprint density at radius 3 is 2.53 bits per heavy atom. The van der Waals surface area contributed by atoms with Gasteiger partial charge in [-0.1, -0.05) is 12.1 Å². The molecule has 1 aromatic carbocycles. The maximum Gasteiger partial charge on any atom is 0.401 e. The van der Waals surface area contributed by atoms with Gasteiger partial charge < -0.3 is 10.5 Å². The number of nitro groups is 1. The number of hydrogen-bond donors (Lipinski definition) is 2. The van der Waals surface area contributed by atoms with Crippen molar-refractivity contribution in [2.75, 3.05) is 6.61 Å². The van der Waals surface area contributed by atoms with Crippen molar-refractivity contribution in [3.05, 3.63) is 34.4 Å². The summed E-state index contributed by atoms with van der Waals surface area (Å²) in [6.07, 6.45) is -4.74. The number of nitrogens with two attached hydrogens (primary N) is 1. The number of nitrogens with one attached hydrogen (secondary N) is 1. The molecule has 1 rings (SSSR count). The second kappa shape index (κ2) is 5.55. The van der Waals surface area contributed by atoms with E-state index in [0.29, 0.717) is 0 Å². The molecule has 9 heteroatoms. The molecule has 0 aliphatic carbocycles. The van der Waals surface area contributed by atoms with Gasteiger partial charge in [-0.25, -0.2) is 0 Å². The van der Waals surface area contributed by atoms with Crippen molar-refractivity contribution in [1.29, 1.82) is 5.41 Å². The molecule has 0 aromatic heterocycles. The molecule has 0 saturated heterocycles. The Labute approximate surface area is 105 Å². The van der Waals surface area contributed by atoms with Crippen molar-refractivity contribution in [3.63, 3.8) is 0 Å². The quantitative estimate of drug-likeness (QED) is 0.372. The molecule has 0 spiro atoms. The van der Waals surface area contributed by atoms with Crippen LogP contribution in [0.5, 0.6) is 5.75 Å². The third-order valence-corrected chi connectivity index (χ3v) is 2.24. The lowest BCUT2D eigenvalue weighted by molar-refractivity contribution is -0.386. The molecule has 0 amide bonds. The van der Waals surface area contributed by atoms with Crippen LogP contribution in [0.4, 0.5) is 18.9 Å². The molecule has 19 heavy (non-hydrogen) atoms. The number of benzene rings is 1. The summed E-state index contributed by atoms with van der Waals surface area (Å²) in [5.41, 5.74) is 4.38. The SMILES string of the molecule is N=C(N)C(COc1ccccc1[N+](=O)[O-])C(F)(F)F. The van der Waals surface area contributed by atoms with Crippen LogP contribution in [0.1, 0.15) is 0 Å². The summed E-state index contributed by atoms with van der Waals surface area (Å²) in [5.74, 6) is -3.71. The smallest absolute Gasteiger partial charge is 0.401 e. The maximum absolute atomic E-state index is 12.5. The average molecular weight is 277 g/mol. The Kier molecular flexibility index (Phi) is 4.30. The lowest BCUT2D eigenvalue weighted by atomic mass is 10.1. The highest BCUT2D eigenvalue weighted by atomic mass is 19.4. The van der Waals surface area contributed by atoms with E-state index in [1.165, 1.54) is 18.2 Å². The zero-order chi connectivity index (χ0) is 14.6. The van der Waals surface area contributed by atoms with E-state index >= 15 is 0 Å². The van der Waals surface area contributed by atoms with Gasteiger partial charge in [-0.2, -0.15) is 13.2 Å². The fraction of sp³-hybridized carbons (Fsp3) is 0.300. The van der Waals surface area contributed by atoms with Crippen LogP contribution in [-0.2, 0) is 0 Å². The molecule has 0 radical (unpaired) electrons. The molecule has 104 valence electrons. The summed E-state index contributed by atoms with van der Waals surface area (Å²) in [6, 6.07) is 5.02. The number of nitro benzene ring substituents is 1. The molecular formula is C10H10F3N3O3. The van der Waals surface area contributed by atoms with Crippen LogP contribution in [0.3, 0.4) is 0 Å². The summed E-state index contributed by atoms with van der Waals surface area (Å²) in [6.45, 7) is -0.982. The van der Waals surface area contributed by atoms with E-state index in [0.717, 1.165) is 6.07 Å². The van der Waals surface area contributed by atoms with Gasteiger partial charge in [0.05, 0.1) is 4.92 Å². The summed E-state index contributed by atoms with van der Waals surface area (Å²) < 4.78 is 42.3. The van der Waals surface area contributed by atoms with Gasteiger partial charge in [0.25, 0.3) is 0 Å². The summed E-state index contributed by atoms with van der Waals surface area (Å²) in [4.78, 5) is 9.86. The zero-order valence-electron chi connectivity index (χ0n) is 9.48. The number of amidine groups is 1. The van der Waals surface area contributed by atoms with Crippen LogP contribution >= 0.6 is 0 Å². The lowest BCUT2D eigenvalue weighted by Gasteiger charge is -2.19. The maximum atomic E-state index is 12.5. The Hall–Kier alpha value is -2.32. The first kappa shape index (κ1) is 14.7. The molecule has 0 saturated carbocycles. The fourth-order valence-corrected chi connectivity index (χ4v) is 1.26. The van der Waals surface area contributed by atoms with Crippen LogP contribution < -0.4 is 10.5 Å². The predicted molar refractivity (Wildman–Crippen MR) is 60.1 cm³/mol.